The number of aryl methyl sites for hydroxylation is 1. The maximum Gasteiger partial charge on any atom is 0.310 e. The summed E-state index contributed by atoms with van der Waals surface area (Å²) in [6.07, 6.45) is 4.32. The van der Waals surface area contributed by atoms with Gasteiger partial charge in [-0.3, -0.25) is 4.79 Å². The monoisotopic (exact) mass is 250 g/mol. The van der Waals surface area contributed by atoms with Gasteiger partial charge < -0.3 is 10.2 Å². The second kappa shape index (κ2) is 7.88. The molecular weight excluding hydrogens is 228 g/mol. The molecule has 3 nitrogen and oxygen atoms in total. The Bertz CT molecular complexity index is 374. The summed E-state index contributed by atoms with van der Waals surface area (Å²) in [4.78, 5) is 11.3. The van der Waals surface area contributed by atoms with E-state index in [1.165, 1.54) is 0 Å². The second-order valence-electron chi connectivity index (χ2n) is 4.73. The van der Waals surface area contributed by atoms with Gasteiger partial charge in [-0.25, -0.2) is 0 Å². The highest BCUT2D eigenvalue weighted by Crippen LogP contribution is 2.23. The number of rotatable bonds is 8. The molecule has 0 aliphatic carbocycles. The SMILES string of the molecule is Cc1cccc(C(CCCCCCO)C(=O)O)c1. The molecule has 1 unspecified atom stereocenters. The van der Waals surface area contributed by atoms with E-state index < -0.39 is 11.9 Å². The molecule has 0 spiro atoms. The molecule has 1 atom stereocenters. The highest BCUT2D eigenvalue weighted by Gasteiger charge is 2.19. The lowest BCUT2D eigenvalue weighted by Crippen LogP contribution is -2.11. The highest BCUT2D eigenvalue weighted by molar-refractivity contribution is 5.76. The lowest BCUT2D eigenvalue weighted by atomic mass is 9.92. The summed E-state index contributed by atoms with van der Waals surface area (Å²) in [5, 5.41) is 18.0. The van der Waals surface area contributed by atoms with Crippen LogP contribution in [0, 0.1) is 6.92 Å². The summed E-state index contributed by atoms with van der Waals surface area (Å²) < 4.78 is 0. The van der Waals surface area contributed by atoms with Gasteiger partial charge in [-0.2, -0.15) is 0 Å². The van der Waals surface area contributed by atoms with Crippen LogP contribution in [0.3, 0.4) is 0 Å². The van der Waals surface area contributed by atoms with Gasteiger partial charge in [-0.15, -0.1) is 0 Å². The van der Waals surface area contributed by atoms with Crippen LogP contribution in [-0.2, 0) is 4.79 Å². The van der Waals surface area contributed by atoms with E-state index in [2.05, 4.69) is 0 Å². The standard InChI is InChI=1S/C15H22O3/c1-12-7-6-8-13(11-12)14(15(17)18)9-4-2-3-5-10-16/h6-8,11,14,16H,2-5,9-10H2,1H3,(H,17,18). The van der Waals surface area contributed by atoms with Crippen LogP contribution in [0.1, 0.15) is 49.1 Å². The van der Waals surface area contributed by atoms with Gasteiger partial charge in [0.1, 0.15) is 0 Å². The first-order valence-electron chi connectivity index (χ1n) is 6.55. The number of carboxylic acid groups (broad SMARTS) is 1. The topological polar surface area (TPSA) is 57.5 Å². The molecule has 0 heterocycles. The molecule has 1 rings (SSSR count). The molecule has 0 radical (unpaired) electrons. The van der Waals surface area contributed by atoms with Crippen LogP contribution in [0.5, 0.6) is 0 Å². The van der Waals surface area contributed by atoms with E-state index in [1.54, 1.807) is 0 Å². The van der Waals surface area contributed by atoms with Crippen LogP contribution in [0.4, 0.5) is 0 Å². The largest absolute Gasteiger partial charge is 0.481 e. The van der Waals surface area contributed by atoms with Crippen molar-refractivity contribution in [3.05, 3.63) is 35.4 Å². The van der Waals surface area contributed by atoms with Gasteiger partial charge in [-0.05, 0) is 25.3 Å². The zero-order valence-electron chi connectivity index (χ0n) is 10.9. The average Bonchev–Trinajstić information content (AvgIpc) is 2.33. The molecule has 0 aliphatic heterocycles. The number of carbonyl (C=O) groups is 1. The van der Waals surface area contributed by atoms with E-state index in [4.69, 9.17) is 5.11 Å². The summed E-state index contributed by atoms with van der Waals surface area (Å²) in [5.41, 5.74) is 1.99. The molecule has 0 fully saturated rings. The zero-order valence-corrected chi connectivity index (χ0v) is 10.9. The molecule has 1 aromatic carbocycles. The van der Waals surface area contributed by atoms with Crippen molar-refractivity contribution < 1.29 is 15.0 Å². The average molecular weight is 250 g/mol. The number of hydrogen-bond acceptors (Lipinski definition) is 2. The Morgan fingerprint density at radius 1 is 1.22 bits per heavy atom. The molecule has 0 saturated heterocycles. The predicted molar refractivity (Wildman–Crippen MR) is 71.7 cm³/mol. The van der Waals surface area contributed by atoms with Crippen molar-refractivity contribution in [1.29, 1.82) is 0 Å². The van der Waals surface area contributed by atoms with Gasteiger partial charge >= 0.3 is 5.97 Å². The van der Waals surface area contributed by atoms with Gasteiger partial charge in [0, 0.05) is 6.61 Å². The summed E-state index contributed by atoms with van der Waals surface area (Å²) in [7, 11) is 0. The predicted octanol–water partition coefficient (Wildman–Crippen LogP) is 3.11. The molecule has 0 aromatic heterocycles. The Kier molecular flexibility index (Phi) is 6.44. The van der Waals surface area contributed by atoms with Crippen molar-refractivity contribution in [1.82, 2.24) is 0 Å². The first kappa shape index (κ1) is 14.7. The maximum absolute atomic E-state index is 11.3. The number of aliphatic hydroxyl groups is 1. The van der Waals surface area contributed by atoms with Crippen LogP contribution in [0.15, 0.2) is 24.3 Å². The number of aliphatic hydroxyl groups excluding tert-OH is 1. The lowest BCUT2D eigenvalue weighted by Gasteiger charge is -2.13. The van der Waals surface area contributed by atoms with E-state index in [-0.39, 0.29) is 6.61 Å². The molecule has 0 aliphatic rings. The number of unbranched alkanes of at least 4 members (excludes halogenated alkanes) is 3. The van der Waals surface area contributed by atoms with E-state index in [0.29, 0.717) is 6.42 Å². The van der Waals surface area contributed by atoms with E-state index in [1.807, 2.05) is 31.2 Å². The second-order valence-corrected chi connectivity index (χ2v) is 4.73. The Labute approximate surface area is 108 Å². The van der Waals surface area contributed by atoms with Gasteiger partial charge in [0.15, 0.2) is 0 Å². The number of benzene rings is 1. The molecular formula is C15H22O3. The minimum atomic E-state index is -0.747. The molecule has 0 amide bonds. The molecule has 18 heavy (non-hydrogen) atoms. The molecule has 0 saturated carbocycles. The summed E-state index contributed by atoms with van der Waals surface area (Å²) >= 11 is 0. The quantitative estimate of drug-likeness (QED) is 0.697. The third-order valence-electron chi connectivity index (χ3n) is 3.14. The van der Waals surface area contributed by atoms with Gasteiger partial charge in [-0.1, -0.05) is 49.1 Å². The Hall–Kier alpha value is -1.35. The normalized spacial score (nSPS) is 12.3. The smallest absolute Gasteiger partial charge is 0.310 e. The zero-order chi connectivity index (χ0) is 13.4. The minimum absolute atomic E-state index is 0.222. The number of carboxylic acids is 1. The van der Waals surface area contributed by atoms with Gasteiger partial charge in [0.05, 0.1) is 5.92 Å². The molecule has 0 bridgehead atoms. The van der Waals surface area contributed by atoms with Crippen LogP contribution < -0.4 is 0 Å². The first-order chi connectivity index (χ1) is 8.65. The molecule has 2 N–H and O–H groups in total. The maximum atomic E-state index is 11.3. The van der Waals surface area contributed by atoms with Crippen molar-refractivity contribution >= 4 is 5.97 Å². The van der Waals surface area contributed by atoms with Crippen molar-refractivity contribution in [3.8, 4) is 0 Å². The first-order valence-corrected chi connectivity index (χ1v) is 6.55. The van der Waals surface area contributed by atoms with Gasteiger partial charge in [0.25, 0.3) is 0 Å². The Balaban J connectivity index is 2.53. The summed E-state index contributed by atoms with van der Waals surface area (Å²) in [6.45, 7) is 2.20. The Morgan fingerprint density at radius 3 is 2.56 bits per heavy atom. The van der Waals surface area contributed by atoms with E-state index in [9.17, 15) is 9.90 Å². The minimum Gasteiger partial charge on any atom is -0.481 e. The van der Waals surface area contributed by atoms with Crippen molar-refractivity contribution in [2.24, 2.45) is 0 Å². The Morgan fingerprint density at radius 2 is 1.94 bits per heavy atom. The molecule has 1 aromatic rings. The fourth-order valence-corrected chi connectivity index (χ4v) is 2.13. The van der Waals surface area contributed by atoms with E-state index in [0.717, 1.165) is 36.8 Å². The van der Waals surface area contributed by atoms with Crippen LogP contribution in [0.25, 0.3) is 0 Å². The fraction of sp³-hybridized carbons (Fsp3) is 0.533. The number of aliphatic carboxylic acids is 1. The third kappa shape index (κ3) is 4.88. The van der Waals surface area contributed by atoms with E-state index >= 15 is 0 Å². The highest BCUT2D eigenvalue weighted by atomic mass is 16.4. The molecule has 100 valence electrons. The lowest BCUT2D eigenvalue weighted by molar-refractivity contribution is -0.139. The third-order valence-corrected chi connectivity index (χ3v) is 3.14. The van der Waals surface area contributed by atoms with Crippen molar-refractivity contribution in [2.45, 2.75) is 44.9 Å². The summed E-state index contributed by atoms with van der Waals surface area (Å²) in [6, 6.07) is 7.72. The van der Waals surface area contributed by atoms with Crippen molar-refractivity contribution in [2.75, 3.05) is 6.61 Å². The van der Waals surface area contributed by atoms with Crippen molar-refractivity contribution in [3.63, 3.8) is 0 Å². The van der Waals surface area contributed by atoms with Crippen LogP contribution in [-0.4, -0.2) is 22.8 Å². The van der Waals surface area contributed by atoms with Crippen LogP contribution in [0.2, 0.25) is 0 Å². The van der Waals surface area contributed by atoms with Crippen LogP contribution >= 0.6 is 0 Å². The summed E-state index contributed by atoms with van der Waals surface area (Å²) in [5.74, 6) is -1.15. The fourth-order valence-electron chi connectivity index (χ4n) is 2.13. The number of hydrogen-bond donors (Lipinski definition) is 2. The van der Waals surface area contributed by atoms with Gasteiger partial charge in [0.2, 0.25) is 0 Å². The molecule has 3 heteroatoms.